The molecule has 0 radical (unpaired) electrons. The molecular formula is C21H23ClN2O4. The summed E-state index contributed by atoms with van der Waals surface area (Å²) in [6.07, 6.45) is 2.02. The topological polar surface area (TPSA) is 84.5 Å². The first-order chi connectivity index (χ1) is 13.4. The molecule has 0 heterocycles. The van der Waals surface area contributed by atoms with Gasteiger partial charge in [0.2, 0.25) is 5.91 Å². The van der Waals surface area contributed by atoms with E-state index >= 15 is 0 Å². The second kappa shape index (κ2) is 10.5. The summed E-state index contributed by atoms with van der Waals surface area (Å²) in [6.45, 7) is 2.10. The van der Waals surface area contributed by atoms with E-state index in [-0.39, 0.29) is 24.2 Å². The van der Waals surface area contributed by atoms with Crippen LogP contribution in [0.1, 0.15) is 52.5 Å². The van der Waals surface area contributed by atoms with Crippen molar-refractivity contribution in [3.05, 3.63) is 64.2 Å². The number of nitrogens with one attached hydrogen (secondary N) is 2. The Morgan fingerprint density at radius 1 is 1.00 bits per heavy atom. The molecule has 0 aliphatic heterocycles. The highest BCUT2D eigenvalue weighted by atomic mass is 35.5. The Labute approximate surface area is 169 Å². The van der Waals surface area contributed by atoms with E-state index in [0.717, 1.165) is 12.8 Å². The number of rotatable bonds is 8. The number of methoxy groups -OCH3 is 1. The van der Waals surface area contributed by atoms with E-state index in [1.807, 2.05) is 12.1 Å². The number of ketones is 1. The molecule has 0 aromatic heterocycles. The zero-order chi connectivity index (χ0) is 20.5. The molecule has 0 saturated carbocycles. The van der Waals surface area contributed by atoms with Crippen LogP contribution in [0, 0.1) is 0 Å². The molecule has 148 valence electrons. The Balaban J connectivity index is 1.83. The Bertz CT molecular complexity index is 850. The number of hydrogen-bond acceptors (Lipinski definition) is 4. The van der Waals surface area contributed by atoms with Gasteiger partial charge in [-0.1, -0.05) is 49.2 Å². The summed E-state index contributed by atoms with van der Waals surface area (Å²) in [5, 5.41) is 0.368. The molecule has 0 bridgehead atoms. The molecule has 2 amide bonds. The molecule has 7 heteroatoms. The predicted molar refractivity (Wildman–Crippen MR) is 108 cm³/mol. The van der Waals surface area contributed by atoms with Gasteiger partial charge in [0.1, 0.15) is 5.75 Å². The maximum absolute atomic E-state index is 12.2. The molecule has 2 N–H and O–H groups in total. The Morgan fingerprint density at radius 3 is 2.36 bits per heavy atom. The molecule has 2 rings (SSSR count). The minimum absolute atomic E-state index is 0.0392. The van der Waals surface area contributed by atoms with Gasteiger partial charge in [0.25, 0.3) is 5.91 Å². The minimum Gasteiger partial charge on any atom is -0.496 e. The van der Waals surface area contributed by atoms with Gasteiger partial charge in [-0.3, -0.25) is 25.2 Å². The number of carbonyl (C=O) groups is 3. The predicted octanol–water partition coefficient (Wildman–Crippen LogP) is 3.73. The summed E-state index contributed by atoms with van der Waals surface area (Å²) < 4.78 is 5.10. The second-order valence-corrected chi connectivity index (χ2v) is 6.65. The van der Waals surface area contributed by atoms with Crippen molar-refractivity contribution >= 4 is 29.2 Å². The van der Waals surface area contributed by atoms with Gasteiger partial charge in [-0.05, 0) is 30.2 Å². The molecule has 2 aromatic rings. The lowest BCUT2D eigenvalue weighted by molar-refractivity contribution is -0.121. The normalized spacial score (nSPS) is 10.2. The van der Waals surface area contributed by atoms with E-state index in [4.69, 9.17) is 16.3 Å². The van der Waals surface area contributed by atoms with Gasteiger partial charge in [0.05, 0.1) is 12.7 Å². The van der Waals surface area contributed by atoms with Crippen LogP contribution in [-0.4, -0.2) is 24.7 Å². The summed E-state index contributed by atoms with van der Waals surface area (Å²) >= 11 is 5.89. The minimum atomic E-state index is -0.564. The highest BCUT2D eigenvalue weighted by Gasteiger charge is 2.14. The van der Waals surface area contributed by atoms with Crippen LogP contribution in [0.15, 0.2) is 42.5 Å². The van der Waals surface area contributed by atoms with Crippen LogP contribution in [0.25, 0.3) is 0 Å². The smallest absolute Gasteiger partial charge is 0.273 e. The van der Waals surface area contributed by atoms with Crippen LogP contribution in [0.5, 0.6) is 5.75 Å². The van der Waals surface area contributed by atoms with Crippen molar-refractivity contribution < 1.29 is 19.1 Å². The molecule has 0 aliphatic carbocycles. The molecule has 0 fully saturated rings. The van der Waals surface area contributed by atoms with Gasteiger partial charge in [-0.15, -0.1) is 0 Å². The lowest BCUT2D eigenvalue weighted by atomic mass is 10.0. The first-order valence-corrected chi connectivity index (χ1v) is 9.37. The fraction of sp³-hybridized carbons (Fsp3) is 0.286. The summed E-state index contributed by atoms with van der Waals surface area (Å²) in [7, 11) is 1.43. The number of ether oxygens (including phenoxy) is 1. The highest BCUT2D eigenvalue weighted by Crippen LogP contribution is 2.22. The molecule has 0 aliphatic rings. The Kier molecular flexibility index (Phi) is 8.02. The fourth-order valence-corrected chi connectivity index (χ4v) is 2.80. The molecule has 2 aromatic carbocycles. The monoisotopic (exact) mass is 402 g/mol. The average Bonchev–Trinajstić information content (AvgIpc) is 2.71. The number of aryl methyl sites for hydroxylation is 1. The Morgan fingerprint density at radius 2 is 1.71 bits per heavy atom. The van der Waals surface area contributed by atoms with Crippen LogP contribution >= 0.6 is 11.6 Å². The van der Waals surface area contributed by atoms with Crippen LogP contribution in [0.4, 0.5) is 0 Å². The number of Topliss-reactive ketones (excluding diaryl/α,β-unsaturated/α-hetero) is 1. The van der Waals surface area contributed by atoms with Crippen molar-refractivity contribution in [3.63, 3.8) is 0 Å². The number of benzene rings is 2. The largest absolute Gasteiger partial charge is 0.496 e. The SMILES string of the molecule is CCCc1ccc(C(=O)CCC(=O)NNC(=O)c2cc(Cl)ccc2OC)cc1. The molecule has 0 unspecified atom stereocenters. The lowest BCUT2D eigenvalue weighted by Crippen LogP contribution is -2.41. The van der Waals surface area contributed by atoms with E-state index in [1.54, 1.807) is 24.3 Å². The standard InChI is InChI=1S/C21H23ClN2O4/c1-3-4-14-5-7-15(8-6-14)18(25)10-12-20(26)23-24-21(27)17-13-16(22)9-11-19(17)28-2/h5-9,11,13H,3-4,10,12H2,1-2H3,(H,23,26)(H,24,27). The highest BCUT2D eigenvalue weighted by molar-refractivity contribution is 6.31. The van der Waals surface area contributed by atoms with Crippen LogP contribution in [0.2, 0.25) is 5.02 Å². The zero-order valence-corrected chi connectivity index (χ0v) is 16.6. The summed E-state index contributed by atoms with van der Waals surface area (Å²) in [6, 6.07) is 12.0. The fourth-order valence-electron chi connectivity index (χ4n) is 2.63. The van der Waals surface area contributed by atoms with E-state index in [1.165, 1.54) is 18.7 Å². The Hall–Kier alpha value is -2.86. The summed E-state index contributed by atoms with van der Waals surface area (Å²) in [5.41, 5.74) is 6.53. The van der Waals surface area contributed by atoms with Crippen LogP contribution < -0.4 is 15.6 Å². The van der Waals surface area contributed by atoms with Gasteiger partial charge in [-0.2, -0.15) is 0 Å². The average molecular weight is 403 g/mol. The van der Waals surface area contributed by atoms with E-state index in [9.17, 15) is 14.4 Å². The quantitative estimate of drug-likeness (QED) is 0.520. The third-order valence-corrected chi connectivity index (χ3v) is 4.35. The van der Waals surface area contributed by atoms with Gasteiger partial charge in [-0.25, -0.2) is 0 Å². The molecule has 0 atom stereocenters. The van der Waals surface area contributed by atoms with Crippen molar-refractivity contribution in [2.24, 2.45) is 0 Å². The maximum Gasteiger partial charge on any atom is 0.273 e. The zero-order valence-electron chi connectivity index (χ0n) is 15.9. The number of hydrazine groups is 1. The first kappa shape index (κ1) is 21.4. The van der Waals surface area contributed by atoms with E-state index in [2.05, 4.69) is 17.8 Å². The third kappa shape index (κ3) is 6.09. The molecule has 0 spiro atoms. The van der Waals surface area contributed by atoms with Crippen molar-refractivity contribution in [3.8, 4) is 5.75 Å². The molecule has 6 nitrogen and oxygen atoms in total. The van der Waals surface area contributed by atoms with E-state index < -0.39 is 11.8 Å². The second-order valence-electron chi connectivity index (χ2n) is 6.22. The van der Waals surface area contributed by atoms with Crippen molar-refractivity contribution in [2.75, 3.05) is 7.11 Å². The first-order valence-electron chi connectivity index (χ1n) is 8.99. The van der Waals surface area contributed by atoms with Crippen LogP contribution in [0.3, 0.4) is 0 Å². The van der Waals surface area contributed by atoms with Crippen molar-refractivity contribution in [1.29, 1.82) is 0 Å². The maximum atomic E-state index is 12.2. The summed E-state index contributed by atoms with van der Waals surface area (Å²) in [4.78, 5) is 36.3. The molecule has 28 heavy (non-hydrogen) atoms. The lowest BCUT2D eigenvalue weighted by Gasteiger charge is -2.10. The van der Waals surface area contributed by atoms with Crippen LogP contribution in [-0.2, 0) is 11.2 Å². The van der Waals surface area contributed by atoms with Gasteiger partial charge in [0, 0.05) is 23.4 Å². The number of carbonyl (C=O) groups excluding carboxylic acids is 3. The van der Waals surface area contributed by atoms with Crippen molar-refractivity contribution in [1.82, 2.24) is 10.9 Å². The third-order valence-electron chi connectivity index (χ3n) is 4.12. The van der Waals surface area contributed by atoms with Crippen molar-refractivity contribution in [2.45, 2.75) is 32.6 Å². The van der Waals surface area contributed by atoms with Gasteiger partial charge < -0.3 is 4.74 Å². The number of amides is 2. The van der Waals surface area contributed by atoms with Gasteiger partial charge >= 0.3 is 0 Å². The number of halogens is 1. The molecule has 0 saturated heterocycles. The summed E-state index contributed by atoms with van der Waals surface area (Å²) in [5.74, 6) is -0.824. The van der Waals surface area contributed by atoms with Gasteiger partial charge in [0.15, 0.2) is 5.78 Å². The molecular weight excluding hydrogens is 380 g/mol. The number of hydrogen-bond donors (Lipinski definition) is 2. The van der Waals surface area contributed by atoms with E-state index in [0.29, 0.717) is 16.3 Å².